The quantitative estimate of drug-likeness (QED) is 0.849. The lowest BCUT2D eigenvalue weighted by Crippen LogP contribution is -2.48. The summed E-state index contributed by atoms with van der Waals surface area (Å²) < 4.78 is 13.1. The largest absolute Gasteiger partial charge is 0.369 e. The van der Waals surface area contributed by atoms with Gasteiger partial charge in [-0.25, -0.2) is 4.39 Å². The molecular weight excluding hydrogens is 319 g/mol. The second kappa shape index (κ2) is 8.15. The third-order valence-corrected chi connectivity index (χ3v) is 5.22. The summed E-state index contributed by atoms with van der Waals surface area (Å²) in [7, 11) is 0. The van der Waals surface area contributed by atoms with Crippen LogP contribution >= 0.6 is 0 Å². The summed E-state index contributed by atoms with van der Waals surface area (Å²) in [6.45, 7) is 9.50. The number of nitrogens with one attached hydrogen (secondary N) is 2. The van der Waals surface area contributed by atoms with Crippen LogP contribution in [-0.2, 0) is 0 Å². The van der Waals surface area contributed by atoms with Crippen LogP contribution in [0, 0.1) is 0 Å². The van der Waals surface area contributed by atoms with Crippen molar-refractivity contribution >= 4 is 11.6 Å². The number of halogens is 1. The Labute approximate surface area is 149 Å². The number of hydrogen-bond donors (Lipinski definition) is 2. The van der Waals surface area contributed by atoms with Gasteiger partial charge in [-0.2, -0.15) is 0 Å². The maximum absolute atomic E-state index is 13.1. The van der Waals surface area contributed by atoms with Gasteiger partial charge in [0, 0.05) is 62.6 Å². The molecule has 2 atom stereocenters. The van der Waals surface area contributed by atoms with Crippen molar-refractivity contribution in [3.8, 4) is 0 Å². The zero-order valence-electron chi connectivity index (χ0n) is 15.2. The summed E-state index contributed by atoms with van der Waals surface area (Å²) >= 11 is 0. The van der Waals surface area contributed by atoms with E-state index >= 15 is 0 Å². The van der Waals surface area contributed by atoms with Crippen molar-refractivity contribution < 1.29 is 9.18 Å². The number of benzene rings is 1. The van der Waals surface area contributed by atoms with Crippen LogP contribution in [0.5, 0.6) is 0 Å². The average Bonchev–Trinajstić information content (AvgIpc) is 3.05. The Morgan fingerprint density at radius 1 is 1.24 bits per heavy atom. The first-order valence-electron chi connectivity index (χ1n) is 9.27. The first-order chi connectivity index (χ1) is 12.0. The Morgan fingerprint density at radius 2 is 1.92 bits per heavy atom. The maximum atomic E-state index is 13.1. The van der Waals surface area contributed by atoms with Crippen molar-refractivity contribution in [1.29, 1.82) is 0 Å². The van der Waals surface area contributed by atoms with E-state index in [0.29, 0.717) is 31.1 Å². The molecule has 0 aliphatic carbocycles. The SMILES string of the molecule is CC(C)N1CCN(c2ccc(C(=O)NC[C@@H]3C[C@H](F)CN3)cc2)CC1. The van der Waals surface area contributed by atoms with Crippen LogP contribution in [-0.4, -0.2) is 68.3 Å². The van der Waals surface area contributed by atoms with Crippen molar-refractivity contribution in [1.82, 2.24) is 15.5 Å². The molecule has 1 aromatic rings. The lowest BCUT2D eigenvalue weighted by atomic mass is 10.1. The molecule has 2 heterocycles. The van der Waals surface area contributed by atoms with Crippen molar-refractivity contribution in [2.75, 3.05) is 44.2 Å². The van der Waals surface area contributed by atoms with Gasteiger partial charge in [0.15, 0.2) is 0 Å². The van der Waals surface area contributed by atoms with Crippen molar-refractivity contribution in [2.45, 2.75) is 38.5 Å². The highest BCUT2D eigenvalue weighted by Crippen LogP contribution is 2.18. The average molecular weight is 348 g/mol. The van der Waals surface area contributed by atoms with Gasteiger partial charge in [-0.05, 0) is 44.5 Å². The third-order valence-electron chi connectivity index (χ3n) is 5.22. The van der Waals surface area contributed by atoms with Crippen LogP contribution in [0.4, 0.5) is 10.1 Å². The molecule has 2 aliphatic rings. The maximum Gasteiger partial charge on any atom is 0.251 e. The molecule has 6 heteroatoms. The first kappa shape index (κ1) is 18.1. The van der Waals surface area contributed by atoms with Gasteiger partial charge in [0.1, 0.15) is 6.17 Å². The minimum absolute atomic E-state index is 0.0375. The molecule has 2 saturated heterocycles. The summed E-state index contributed by atoms with van der Waals surface area (Å²) in [5.74, 6) is -0.0970. The molecule has 0 bridgehead atoms. The Kier molecular flexibility index (Phi) is 5.91. The number of nitrogens with zero attached hydrogens (tertiary/aromatic N) is 2. The molecule has 0 unspecified atom stereocenters. The lowest BCUT2D eigenvalue weighted by Gasteiger charge is -2.38. The van der Waals surface area contributed by atoms with Crippen LogP contribution in [0.2, 0.25) is 0 Å². The predicted octanol–water partition coefficient (Wildman–Crippen LogP) is 1.65. The molecule has 25 heavy (non-hydrogen) atoms. The van der Waals surface area contributed by atoms with E-state index in [4.69, 9.17) is 0 Å². The number of alkyl halides is 1. The van der Waals surface area contributed by atoms with Crippen molar-refractivity contribution in [2.24, 2.45) is 0 Å². The number of rotatable bonds is 5. The molecule has 2 N–H and O–H groups in total. The zero-order valence-corrected chi connectivity index (χ0v) is 15.2. The minimum Gasteiger partial charge on any atom is -0.369 e. The molecule has 1 amide bonds. The Balaban J connectivity index is 1.49. The highest BCUT2D eigenvalue weighted by Gasteiger charge is 2.24. The van der Waals surface area contributed by atoms with E-state index in [9.17, 15) is 9.18 Å². The molecule has 5 nitrogen and oxygen atoms in total. The fourth-order valence-corrected chi connectivity index (χ4v) is 3.56. The molecule has 2 fully saturated rings. The Bertz CT molecular complexity index is 569. The molecule has 1 aromatic carbocycles. The van der Waals surface area contributed by atoms with Gasteiger partial charge in [-0.3, -0.25) is 9.69 Å². The van der Waals surface area contributed by atoms with Crippen LogP contribution in [0.15, 0.2) is 24.3 Å². The zero-order chi connectivity index (χ0) is 17.8. The minimum atomic E-state index is -0.794. The second-order valence-electron chi connectivity index (χ2n) is 7.31. The number of carbonyl (C=O) groups excluding carboxylic acids is 1. The van der Waals surface area contributed by atoms with Gasteiger partial charge < -0.3 is 15.5 Å². The van der Waals surface area contributed by atoms with Gasteiger partial charge in [-0.1, -0.05) is 0 Å². The van der Waals surface area contributed by atoms with E-state index in [1.807, 2.05) is 24.3 Å². The topological polar surface area (TPSA) is 47.6 Å². The number of piperazine rings is 1. The number of hydrogen-bond acceptors (Lipinski definition) is 4. The van der Waals surface area contributed by atoms with E-state index in [2.05, 4.69) is 34.3 Å². The van der Waals surface area contributed by atoms with Gasteiger partial charge in [0.25, 0.3) is 5.91 Å². The third kappa shape index (κ3) is 4.70. The normalized spacial score (nSPS) is 24.7. The highest BCUT2D eigenvalue weighted by molar-refractivity contribution is 5.94. The lowest BCUT2D eigenvalue weighted by molar-refractivity contribution is 0.0950. The Hall–Kier alpha value is -1.66. The highest BCUT2D eigenvalue weighted by atomic mass is 19.1. The molecule has 138 valence electrons. The Morgan fingerprint density at radius 3 is 2.48 bits per heavy atom. The standard InChI is InChI=1S/C19H29FN4O/c1-14(2)23-7-9-24(10-8-23)18-5-3-15(4-6-18)19(25)22-13-17-11-16(20)12-21-17/h3-6,14,16-17,21H,7-13H2,1-2H3,(H,22,25)/t16-,17-/m0/s1. The predicted molar refractivity (Wildman–Crippen MR) is 99.0 cm³/mol. The van der Waals surface area contributed by atoms with Crippen molar-refractivity contribution in [3.63, 3.8) is 0 Å². The van der Waals surface area contributed by atoms with Crippen molar-refractivity contribution in [3.05, 3.63) is 29.8 Å². The fraction of sp³-hybridized carbons (Fsp3) is 0.632. The van der Waals surface area contributed by atoms with Gasteiger partial charge in [0.05, 0.1) is 0 Å². The molecule has 0 spiro atoms. The van der Waals surface area contributed by atoms with Crippen LogP contribution in [0.25, 0.3) is 0 Å². The smallest absolute Gasteiger partial charge is 0.251 e. The fourth-order valence-electron chi connectivity index (χ4n) is 3.56. The van der Waals surface area contributed by atoms with E-state index in [-0.39, 0.29) is 11.9 Å². The van der Waals surface area contributed by atoms with E-state index < -0.39 is 6.17 Å². The number of carbonyl (C=O) groups is 1. The summed E-state index contributed by atoms with van der Waals surface area (Å²) in [4.78, 5) is 17.1. The van der Waals surface area contributed by atoms with Gasteiger partial charge >= 0.3 is 0 Å². The van der Waals surface area contributed by atoms with E-state index in [1.54, 1.807) is 0 Å². The van der Waals surface area contributed by atoms with E-state index in [1.165, 1.54) is 0 Å². The van der Waals surface area contributed by atoms with Crippen LogP contribution < -0.4 is 15.5 Å². The van der Waals surface area contributed by atoms with Gasteiger partial charge in [-0.15, -0.1) is 0 Å². The van der Waals surface area contributed by atoms with E-state index in [0.717, 1.165) is 31.9 Å². The monoisotopic (exact) mass is 348 g/mol. The van der Waals surface area contributed by atoms with Gasteiger partial charge in [0.2, 0.25) is 0 Å². The second-order valence-corrected chi connectivity index (χ2v) is 7.31. The summed E-state index contributed by atoms with van der Waals surface area (Å²) in [5.41, 5.74) is 1.82. The molecular formula is C19H29FN4O. The molecule has 0 aromatic heterocycles. The number of anilines is 1. The van der Waals surface area contributed by atoms with Crippen LogP contribution in [0.1, 0.15) is 30.6 Å². The molecule has 0 radical (unpaired) electrons. The number of amides is 1. The molecule has 0 saturated carbocycles. The summed E-state index contributed by atoms with van der Waals surface area (Å²) in [6, 6.07) is 8.42. The first-order valence-corrected chi connectivity index (χ1v) is 9.27. The summed E-state index contributed by atoms with van der Waals surface area (Å²) in [6.07, 6.45) is -0.320. The van der Waals surface area contributed by atoms with Crippen LogP contribution in [0.3, 0.4) is 0 Å². The molecule has 3 rings (SSSR count). The molecule has 2 aliphatic heterocycles. The summed E-state index contributed by atoms with van der Waals surface area (Å²) in [5, 5.41) is 5.97.